The van der Waals surface area contributed by atoms with E-state index in [9.17, 15) is 14.0 Å². The molecule has 2 amide bonds. The maximum Gasteiger partial charge on any atom is 0.270 e. The number of hydrogen-bond donors (Lipinski definition) is 1. The first-order valence-electron chi connectivity index (χ1n) is 12.8. The lowest BCUT2D eigenvalue weighted by Crippen LogP contribution is -2.43. The van der Waals surface area contributed by atoms with E-state index in [1.165, 1.54) is 44.2 Å². The Morgan fingerprint density at radius 1 is 1.20 bits per heavy atom. The van der Waals surface area contributed by atoms with E-state index in [1.54, 1.807) is 29.1 Å². The quantitative estimate of drug-likeness (QED) is 0.675. The number of nitrogens with one attached hydrogen (secondary N) is 1. The number of halogens is 1. The number of carbonyl (C=O) groups is 2. The Balaban J connectivity index is 1.08. The van der Waals surface area contributed by atoms with E-state index in [0.29, 0.717) is 29.7 Å². The van der Waals surface area contributed by atoms with Crippen LogP contribution in [0.5, 0.6) is 0 Å². The fourth-order valence-electron chi connectivity index (χ4n) is 7.61. The molecule has 6 rings (SSSR count). The van der Waals surface area contributed by atoms with Gasteiger partial charge in [-0.1, -0.05) is 19.1 Å². The third-order valence-electron chi connectivity index (χ3n) is 8.93. The monoisotopic (exact) mass is 476 g/mol. The highest BCUT2D eigenvalue weighted by molar-refractivity contribution is 6.39. The summed E-state index contributed by atoms with van der Waals surface area (Å²) in [6.45, 7) is 3.48. The summed E-state index contributed by atoms with van der Waals surface area (Å²) >= 11 is 0. The number of fused-ring (bicyclic) bond motifs is 2. The van der Waals surface area contributed by atoms with Crippen LogP contribution in [-0.4, -0.2) is 47.1 Å². The van der Waals surface area contributed by atoms with E-state index in [1.807, 2.05) is 18.4 Å². The SMILES string of the molecule is CC1CC2(CNC(=O)C3=CC=CN4N=C(C(=O)N(C)Cc5ccc(F)cc5)CC34)CC3CC3(C1)C2. The molecule has 0 saturated heterocycles. The van der Waals surface area contributed by atoms with Crippen molar-refractivity contribution in [2.75, 3.05) is 13.6 Å². The number of nitrogens with zero attached hydrogens (tertiary/aromatic N) is 3. The highest BCUT2D eigenvalue weighted by atomic mass is 19.1. The number of hydrogen-bond acceptors (Lipinski definition) is 4. The number of rotatable bonds is 6. The summed E-state index contributed by atoms with van der Waals surface area (Å²) in [7, 11) is 1.72. The number of amides is 2. The summed E-state index contributed by atoms with van der Waals surface area (Å²) in [6.07, 6.45) is 12.4. The Hall–Kier alpha value is -2.96. The van der Waals surface area contributed by atoms with Crippen LogP contribution in [0.2, 0.25) is 0 Å². The van der Waals surface area contributed by atoms with Crippen molar-refractivity contribution in [1.82, 2.24) is 15.2 Å². The summed E-state index contributed by atoms with van der Waals surface area (Å²) in [6, 6.07) is 5.88. The lowest BCUT2D eigenvalue weighted by molar-refractivity contribution is -0.123. The summed E-state index contributed by atoms with van der Waals surface area (Å²) in [5.41, 5.74) is 2.79. The van der Waals surface area contributed by atoms with Gasteiger partial charge in [0.25, 0.3) is 5.91 Å². The van der Waals surface area contributed by atoms with Gasteiger partial charge in [0.15, 0.2) is 0 Å². The fraction of sp³-hybridized carbons (Fsp3) is 0.536. The van der Waals surface area contributed by atoms with Crippen LogP contribution in [0.25, 0.3) is 0 Å². The average Bonchev–Trinajstić information content (AvgIpc) is 3.17. The molecular formula is C28H33FN4O2. The van der Waals surface area contributed by atoms with Gasteiger partial charge >= 0.3 is 0 Å². The van der Waals surface area contributed by atoms with E-state index in [2.05, 4.69) is 17.3 Å². The third-order valence-corrected chi connectivity index (χ3v) is 8.93. The second-order valence-electron chi connectivity index (χ2n) is 11.7. The molecule has 2 heterocycles. The van der Waals surface area contributed by atoms with Gasteiger partial charge in [-0.15, -0.1) is 0 Å². The minimum Gasteiger partial charge on any atom is -0.352 e. The van der Waals surface area contributed by atoms with Crippen LogP contribution in [-0.2, 0) is 16.1 Å². The van der Waals surface area contributed by atoms with Gasteiger partial charge in [-0.3, -0.25) is 14.6 Å². The molecule has 0 aromatic heterocycles. The minimum absolute atomic E-state index is 0.0462. The molecule has 7 heteroatoms. The van der Waals surface area contributed by atoms with Crippen molar-refractivity contribution in [3.05, 3.63) is 59.6 Å². The van der Waals surface area contributed by atoms with Gasteiger partial charge in [0.1, 0.15) is 11.5 Å². The largest absolute Gasteiger partial charge is 0.352 e. The summed E-state index contributed by atoms with van der Waals surface area (Å²) < 4.78 is 13.2. The van der Waals surface area contributed by atoms with Crippen LogP contribution in [0.4, 0.5) is 4.39 Å². The molecule has 1 aromatic rings. The average molecular weight is 477 g/mol. The highest BCUT2D eigenvalue weighted by Crippen LogP contribution is 2.75. The van der Waals surface area contributed by atoms with Crippen molar-refractivity contribution >= 4 is 17.5 Å². The Morgan fingerprint density at radius 2 is 2.00 bits per heavy atom. The van der Waals surface area contributed by atoms with Crippen LogP contribution in [0, 0.1) is 28.5 Å². The van der Waals surface area contributed by atoms with E-state index in [4.69, 9.17) is 0 Å². The van der Waals surface area contributed by atoms with E-state index in [-0.39, 0.29) is 29.1 Å². The van der Waals surface area contributed by atoms with E-state index < -0.39 is 0 Å². The molecule has 3 saturated carbocycles. The van der Waals surface area contributed by atoms with Gasteiger partial charge in [0.05, 0.1) is 6.04 Å². The van der Waals surface area contributed by atoms with Gasteiger partial charge < -0.3 is 10.2 Å². The van der Waals surface area contributed by atoms with Crippen molar-refractivity contribution in [2.45, 2.75) is 58.0 Å². The van der Waals surface area contributed by atoms with Crippen LogP contribution < -0.4 is 5.32 Å². The second-order valence-corrected chi connectivity index (χ2v) is 11.7. The zero-order chi connectivity index (χ0) is 24.4. The maximum absolute atomic E-state index is 13.3. The molecule has 2 bridgehead atoms. The molecule has 184 valence electrons. The molecule has 1 N–H and O–H groups in total. The lowest BCUT2D eigenvalue weighted by Gasteiger charge is -2.40. The van der Waals surface area contributed by atoms with E-state index >= 15 is 0 Å². The van der Waals surface area contributed by atoms with Crippen LogP contribution in [0.3, 0.4) is 0 Å². The first-order valence-corrected chi connectivity index (χ1v) is 12.8. The fourth-order valence-corrected chi connectivity index (χ4v) is 7.61. The molecule has 5 atom stereocenters. The Morgan fingerprint density at radius 3 is 2.80 bits per heavy atom. The van der Waals surface area contributed by atoms with Crippen LogP contribution in [0.15, 0.2) is 53.3 Å². The van der Waals surface area contributed by atoms with Gasteiger partial charge in [-0.2, -0.15) is 5.10 Å². The van der Waals surface area contributed by atoms with Gasteiger partial charge in [-0.05, 0) is 84.6 Å². The number of hydrazone groups is 1. The second kappa shape index (κ2) is 8.04. The predicted octanol–water partition coefficient (Wildman–Crippen LogP) is 4.00. The maximum atomic E-state index is 13.3. The molecule has 1 aromatic carbocycles. The van der Waals surface area contributed by atoms with Gasteiger partial charge in [-0.25, -0.2) is 4.39 Å². The van der Waals surface area contributed by atoms with Crippen molar-refractivity contribution in [1.29, 1.82) is 0 Å². The van der Waals surface area contributed by atoms with Crippen LogP contribution in [0.1, 0.15) is 51.0 Å². The van der Waals surface area contributed by atoms with Crippen molar-refractivity contribution in [2.24, 2.45) is 27.8 Å². The third kappa shape index (κ3) is 3.99. The molecule has 3 fully saturated rings. The normalized spacial score (nSPS) is 34.0. The molecule has 1 spiro atoms. The summed E-state index contributed by atoms with van der Waals surface area (Å²) in [5.74, 6) is 1.09. The Labute approximate surface area is 205 Å². The topological polar surface area (TPSA) is 65.0 Å². The first-order chi connectivity index (χ1) is 16.8. The predicted molar refractivity (Wildman–Crippen MR) is 131 cm³/mol. The van der Waals surface area contributed by atoms with Gasteiger partial charge in [0.2, 0.25) is 5.91 Å². The minimum atomic E-state index is -0.300. The molecule has 3 aliphatic carbocycles. The zero-order valence-corrected chi connectivity index (χ0v) is 20.5. The standard InChI is InChI=1S/C28H33FN4O2/c1-18-11-27(13-20-14-28(20,12-18)16-27)17-30-25(34)22-4-3-9-33-24(22)10-23(31-33)26(35)32(2)15-19-5-7-21(29)8-6-19/h3-9,18,20,24H,10-17H2,1-2H3,(H,30,34). The first kappa shape index (κ1) is 22.5. The van der Waals surface area contributed by atoms with E-state index in [0.717, 1.165) is 23.9 Å². The lowest BCUT2D eigenvalue weighted by atomic mass is 9.67. The molecule has 5 aliphatic rings. The molecule has 6 nitrogen and oxygen atoms in total. The number of carbonyl (C=O) groups excluding carboxylic acids is 2. The van der Waals surface area contributed by atoms with Gasteiger partial charge in [0, 0.05) is 38.3 Å². The molecule has 5 unspecified atom stereocenters. The highest BCUT2D eigenvalue weighted by Gasteiger charge is 2.67. The molecule has 0 radical (unpaired) electrons. The zero-order valence-electron chi connectivity index (χ0n) is 20.5. The van der Waals surface area contributed by atoms with Crippen molar-refractivity contribution in [3.63, 3.8) is 0 Å². The number of benzene rings is 1. The molecule has 35 heavy (non-hydrogen) atoms. The Kier molecular flexibility index (Phi) is 5.17. The summed E-state index contributed by atoms with van der Waals surface area (Å²) in [4.78, 5) is 27.9. The molecule has 2 aliphatic heterocycles. The smallest absolute Gasteiger partial charge is 0.270 e. The van der Waals surface area contributed by atoms with Crippen molar-refractivity contribution < 1.29 is 14.0 Å². The van der Waals surface area contributed by atoms with Crippen molar-refractivity contribution in [3.8, 4) is 0 Å². The summed E-state index contributed by atoms with van der Waals surface area (Å²) in [5, 5.41) is 9.52. The molecular weight excluding hydrogens is 443 g/mol. The van der Waals surface area contributed by atoms with Crippen LogP contribution >= 0.6 is 0 Å². The number of allylic oxidation sites excluding steroid dienone is 2. The Bertz CT molecular complexity index is 1150.